The predicted molar refractivity (Wildman–Crippen MR) is 90.2 cm³/mol. The highest BCUT2D eigenvalue weighted by molar-refractivity contribution is 5.92. The molecule has 25 heavy (non-hydrogen) atoms. The van der Waals surface area contributed by atoms with Crippen LogP contribution in [0.1, 0.15) is 17.4 Å². The van der Waals surface area contributed by atoms with Crippen molar-refractivity contribution in [3.05, 3.63) is 69.9 Å². The average molecular weight is 347 g/mol. The van der Waals surface area contributed by atoms with E-state index in [1.165, 1.54) is 18.2 Å². The van der Waals surface area contributed by atoms with Gasteiger partial charge in [-0.1, -0.05) is 0 Å². The van der Waals surface area contributed by atoms with Crippen molar-refractivity contribution in [3.8, 4) is 0 Å². The van der Waals surface area contributed by atoms with E-state index in [0.29, 0.717) is 12.3 Å². The third kappa shape index (κ3) is 4.98. The quantitative estimate of drug-likeness (QED) is 0.473. The zero-order valence-electron chi connectivity index (χ0n) is 13.8. The van der Waals surface area contributed by atoms with Crippen LogP contribution >= 0.6 is 0 Å². The number of halogens is 1. The lowest BCUT2D eigenvalue weighted by Gasteiger charge is -2.22. The standard InChI is InChI=1S/C17H18FN3O4/c1-20(2)15(16-4-3-9-25-16)11-19-17(22)8-6-12-5-7-13(18)10-14(12)21(23)24/h3-10,15H,11H2,1-2H3,(H,19,22)/b8-6+/t15-/m0/s1. The maximum Gasteiger partial charge on any atom is 0.279 e. The molecule has 1 amide bonds. The van der Waals surface area contributed by atoms with E-state index in [1.807, 2.05) is 25.1 Å². The Kier molecular flexibility index (Phi) is 6.02. The first-order valence-electron chi connectivity index (χ1n) is 7.48. The Morgan fingerprint density at radius 2 is 2.20 bits per heavy atom. The third-order valence-corrected chi connectivity index (χ3v) is 3.57. The monoisotopic (exact) mass is 347 g/mol. The van der Waals surface area contributed by atoms with Crippen molar-refractivity contribution in [1.82, 2.24) is 10.2 Å². The number of carbonyl (C=O) groups excluding carboxylic acids is 1. The minimum Gasteiger partial charge on any atom is -0.468 e. The summed E-state index contributed by atoms with van der Waals surface area (Å²) in [6.45, 7) is 0.301. The number of nitro benzene ring substituents is 1. The van der Waals surface area contributed by atoms with Gasteiger partial charge < -0.3 is 9.73 Å². The predicted octanol–water partition coefficient (Wildman–Crippen LogP) is 2.76. The Morgan fingerprint density at radius 1 is 1.44 bits per heavy atom. The first kappa shape index (κ1) is 18.3. The molecule has 7 nitrogen and oxygen atoms in total. The summed E-state index contributed by atoms with van der Waals surface area (Å²) in [5, 5.41) is 13.6. The smallest absolute Gasteiger partial charge is 0.279 e. The number of nitrogens with zero attached hydrogens (tertiary/aromatic N) is 2. The normalized spacial score (nSPS) is 12.5. The molecule has 1 aromatic heterocycles. The maximum atomic E-state index is 13.1. The van der Waals surface area contributed by atoms with Gasteiger partial charge in [0.15, 0.2) is 0 Å². The number of nitro groups is 1. The van der Waals surface area contributed by atoms with E-state index in [4.69, 9.17) is 4.42 Å². The number of carbonyl (C=O) groups is 1. The van der Waals surface area contributed by atoms with Crippen molar-refractivity contribution < 1.29 is 18.5 Å². The van der Waals surface area contributed by atoms with Gasteiger partial charge in [0.05, 0.1) is 28.9 Å². The van der Waals surface area contributed by atoms with Gasteiger partial charge in [0.2, 0.25) is 5.91 Å². The molecular formula is C17H18FN3O4. The second kappa shape index (κ2) is 8.20. The molecule has 2 rings (SSSR count). The SMILES string of the molecule is CN(C)[C@@H](CNC(=O)/C=C/c1ccc(F)cc1[N+](=O)[O-])c1ccco1. The fourth-order valence-corrected chi connectivity index (χ4v) is 2.26. The highest BCUT2D eigenvalue weighted by Gasteiger charge is 2.17. The van der Waals surface area contributed by atoms with Gasteiger partial charge in [-0.2, -0.15) is 0 Å². The molecule has 1 N–H and O–H groups in total. The van der Waals surface area contributed by atoms with E-state index < -0.39 is 22.3 Å². The number of rotatable bonds is 7. The van der Waals surface area contributed by atoms with Crippen LogP contribution in [-0.4, -0.2) is 36.4 Å². The second-order valence-electron chi connectivity index (χ2n) is 5.53. The molecule has 0 aliphatic rings. The number of likely N-dealkylation sites (N-methyl/N-ethyl adjacent to an activating group) is 1. The maximum absolute atomic E-state index is 13.1. The van der Waals surface area contributed by atoms with Crippen LogP contribution in [0.4, 0.5) is 10.1 Å². The number of hydrogen-bond donors (Lipinski definition) is 1. The Hall–Kier alpha value is -3.00. The lowest BCUT2D eigenvalue weighted by atomic mass is 10.1. The first-order chi connectivity index (χ1) is 11.9. The Bertz CT molecular complexity index is 772. The molecule has 0 saturated carbocycles. The van der Waals surface area contributed by atoms with Gasteiger partial charge in [-0.3, -0.25) is 19.8 Å². The molecule has 0 aliphatic heterocycles. The second-order valence-corrected chi connectivity index (χ2v) is 5.53. The first-order valence-corrected chi connectivity index (χ1v) is 7.48. The van der Waals surface area contributed by atoms with Crippen LogP contribution in [0.25, 0.3) is 6.08 Å². The van der Waals surface area contributed by atoms with E-state index in [1.54, 1.807) is 12.3 Å². The van der Waals surface area contributed by atoms with E-state index >= 15 is 0 Å². The summed E-state index contributed by atoms with van der Waals surface area (Å²) < 4.78 is 18.5. The fraction of sp³-hybridized carbons (Fsp3) is 0.235. The van der Waals surface area contributed by atoms with Crippen molar-refractivity contribution in [1.29, 1.82) is 0 Å². The highest BCUT2D eigenvalue weighted by atomic mass is 19.1. The van der Waals surface area contributed by atoms with Crippen LogP contribution in [0, 0.1) is 15.9 Å². The zero-order chi connectivity index (χ0) is 18.4. The molecule has 0 fully saturated rings. The summed E-state index contributed by atoms with van der Waals surface area (Å²) >= 11 is 0. The molecule has 0 bridgehead atoms. The molecule has 0 aliphatic carbocycles. The largest absolute Gasteiger partial charge is 0.468 e. The van der Waals surface area contributed by atoms with Crippen molar-refractivity contribution in [2.45, 2.75) is 6.04 Å². The van der Waals surface area contributed by atoms with Gasteiger partial charge in [-0.15, -0.1) is 0 Å². The fourth-order valence-electron chi connectivity index (χ4n) is 2.26. The summed E-state index contributed by atoms with van der Waals surface area (Å²) in [5.74, 6) is -0.416. The third-order valence-electron chi connectivity index (χ3n) is 3.57. The molecule has 0 unspecified atom stereocenters. The Morgan fingerprint density at radius 3 is 2.80 bits per heavy atom. The van der Waals surface area contributed by atoms with E-state index in [0.717, 1.165) is 12.1 Å². The Labute approximate surface area is 143 Å². The van der Waals surface area contributed by atoms with Crippen LogP contribution in [0.3, 0.4) is 0 Å². The summed E-state index contributed by atoms with van der Waals surface area (Å²) in [6.07, 6.45) is 4.01. The number of hydrogen-bond acceptors (Lipinski definition) is 5. The van der Waals surface area contributed by atoms with Crippen molar-refractivity contribution in [2.24, 2.45) is 0 Å². The highest BCUT2D eigenvalue weighted by Crippen LogP contribution is 2.21. The number of amides is 1. The average Bonchev–Trinajstić information content (AvgIpc) is 3.07. The molecule has 0 saturated heterocycles. The molecule has 0 spiro atoms. The Balaban J connectivity index is 2.03. The molecular weight excluding hydrogens is 329 g/mol. The molecule has 1 aromatic carbocycles. The number of benzene rings is 1. The lowest BCUT2D eigenvalue weighted by Crippen LogP contribution is -2.33. The minimum atomic E-state index is -0.708. The summed E-state index contributed by atoms with van der Waals surface area (Å²) in [6, 6.07) is 6.60. The zero-order valence-corrected chi connectivity index (χ0v) is 13.8. The number of nitrogens with one attached hydrogen (secondary N) is 1. The van der Waals surface area contributed by atoms with Crippen LogP contribution in [0.15, 0.2) is 47.1 Å². The van der Waals surface area contributed by atoms with Gasteiger partial charge in [0.25, 0.3) is 5.69 Å². The van der Waals surface area contributed by atoms with Crippen LogP contribution in [0.5, 0.6) is 0 Å². The minimum absolute atomic E-state index is 0.146. The molecule has 2 aromatic rings. The molecule has 0 radical (unpaired) electrons. The van der Waals surface area contributed by atoms with Gasteiger partial charge in [0.1, 0.15) is 11.6 Å². The van der Waals surface area contributed by atoms with Crippen LogP contribution in [0.2, 0.25) is 0 Å². The summed E-state index contributed by atoms with van der Waals surface area (Å²) in [7, 11) is 3.72. The molecule has 8 heteroatoms. The van der Waals surface area contributed by atoms with Crippen molar-refractivity contribution in [2.75, 3.05) is 20.6 Å². The van der Waals surface area contributed by atoms with Gasteiger partial charge in [-0.25, -0.2) is 4.39 Å². The van der Waals surface area contributed by atoms with Crippen molar-refractivity contribution in [3.63, 3.8) is 0 Å². The molecule has 1 atom stereocenters. The van der Waals surface area contributed by atoms with Gasteiger partial charge in [-0.05, 0) is 44.4 Å². The number of furan rings is 1. The summed E-state index contributed by atoms with van der Waals surface area (Å²) in [4.78, 5) is 24.1. The molecule has 132 valence electrons. The summed E-state index contributed by atoms with van der Waals surface area (Å²) in [5.41, 5.74) is -0.248. The van der Waals surface area contributed by atoms with Crippen molar-refractivity contribution >= 4 is 17.7 Å². The molecule has 1 heterocycles. The van der Waals surface area contributed by atoms with E-state index in [2.05, 4.69) is 5.32 Å². The van der Waals surface area contributed by atoms with E-state index in [-0.39, 0.29) is 11.6 Å². The van der Waals surface area contributed by atoms with Crippen LogP contribution in [-0.2, 0) is 4.79 Å². The van der Waals surface area contributed by atoms with Gasteiger partial charge in [0, 0.05) is 12.6 Å². The van der Waals surface area contributed by atoms with Crippen LogP contribution < -0.4 is 5.32 Å². The van der Waals surface area contributed by atoms with Gasteiger partial charge >= 0.3 is 0 Å². The lowest BCUT2D eigenvalue weighted by molar-refractivity contribution is -0.385. The van der Waals surface area contributed by atoms with E-state index in [9.17, 15) is 19.3 Å². The topological polar surface area (TPSA) is 88.6 Å².